The van der Waals surface area contributed by atoms with Gasteiger partial charge >= 0.3 is 6.61 Å². The zero-order valence-electron chi connectivity index (χ0n) is 10.1. The quantitative estimate of drug-likeness (QED) is 0.746. The van der Waals surface area contributed by atoms with Gasteiger partial charge in [0.25, 0.3) is 0 Å². The van der Waals surface area contributed by atoms with Crippen LogP contribution in [0.5, 0.6) is 5.75 Å². The van der Waals surface area contributed by atoms with Gasteiger partial charge in [-0.05, 0) is 39.2 Å². The van der Waals surface area contributed by atoms with E-state index in [1.54, 1.807) is 18.2 Å². The van der Waals surface area contributed by atoms with Crippen LogP contribution >= 0.6 is 0 Å². The summed E-state index contributed by atoms with van der Waals surface area (Å²) in [6.07, 6.45) is 0.940. The summed E-state index contributed by atoms with van der Waals surface area (Å²) >= 11 is 0. The lowest BCUT2D eigenvalue weighted by molar-refractivity contribution is -0.0493. The van der Waals surface area contributed by atoms with Crippen LogP contribution < -0.4 is 10.1 Å². The lowest BCUT2D eigenvalue weighted by Crippen LogP contribution is -2.16. The highest BCUT2D eigenvalue weighted by molar-refractivity contribution is 5.56. The highest BCUT2D eigenvalue weighted by Crippen LogP contribution is 2.25. The van der Waals surface area contributed by atoms with E-state index in [0.29, 0.717) is 5.69 Å². The smallest absolute Gasteiger partial charge is 0.387 e. The largest absolute Gasteiger partial charge is 0.433 e. The van der Waals surface area contributed by atoms with Crippen molar-refractivity contribution >= 4 is 5.69 Å². The van der Waals surface area contributed by atoms with Crippen molar-refractivity contribution in [3.05, 3.63) is 24.3 Å². The SMILES string of the molecule is CN(C)CCCNc1ccccc1OC(F)F. The monoisotopic (exact) mass is 244 g/mol. The van der Waals surface area contributed by atoms with Crippen molar-refractivity contribution in [3.8, 4) is 5.75 Å². The molecule has 0 aliphatic carbocycles. The van der Waals surface area contributed by atoms with E-state index in [-0.39, 0.29) is 5.75 Å². The van der Waals surface area contributed by atoms with Crippen LogP contribution in [0.25, 0.3) is 0 Å². The Morgan fingerprint density at radius 2 is 2.00 bits per heavy atom. The number of nitrogens with zero attached hydrogens (tertiary/aromatic N) is 1. The van der Waals surface area contributed by atoms with Crippen LogP contribution in [0.4, 0.5) is 14.5 Å². The van der Waals surface area contributed by atoms with E-state index in [2.05, 4.69) is 15.0 Å². The molecule has 0 spiro atoms. The van der Waals surface area contributed by atoms with Gasteiger partial charge < -0.3 is 15.0 Å². The van der Waals surface area contributed by atoms with Crippen molar-refractivity contribution in [1.29, 1.82) is 0 Å². The summed E-state index contributed by atoms with van der Waals surface area (Å²) in [6.45, 7) is -1.12. The van der Waals surface area contributed by atoms with E-state index >= 15 is 0 Å². The second-order valence-corrected chi connectivity index (χ2v) is 3.96. The van der Waals surface area contributed by atoms with Gasteiger partial charge in [0.15, 0.2) is 0 Å². The molecule has 0 atom stereocenters. The lowest BCUT2D eigenvalue weighted by Gasteiger charge is -2.13. The Bertz CT molecular complexity index is 332. The number of para-hydroxylation sites is 2. The highest BCUT2D eigenvalue weighted by atomic mass is 19.3. The van der Waals surface area contributed by atoms with Crippen LogP contribution in [-0.4, -0.2) is 38.7 Å². The first-order chi connectivity index (χ1) is 8.09. The molecule has 1 aromatic rings. The number of hydrogen-bond donors (Lipinski definition) is 1. The van der Waals surface area contributed by atoms with Crippen molar-refractivity contribution in [2.75, 3.05) is 32.5 Å². The molecule has 96 valence electrons. The molecule has 0 saturated carbocycles. The molecule has 0 saturated heterocycles. The number of hydrogen-bond acceptors (Lipinski definition) is 3. The third-order valence-corrected chi connectivity index (χ3v) is 2.20. The van der Waals surface area contributed by atoms with Gasteiger partial charge in [-0.25, -0.2) is 0 Å². The molecule has 0 bridgehead atoms. The van der Waals surface area contributed by atoms with Gasteiger partial charge in [0.1, 0.15) is 5.75 Å². The topological polar surface area (TPSA) is 24.5 Å². The molecule has 17 heavy (non-hydrogen) atoms. The number of anilines is 1. The third kappa shape index (κ3) is 5.49. The van der Waals surface area contributed by atoms with Gasteiger partial charge in [0, 0.05) is 6.54 Å². The Morgan fingerprint density at radius 3 is 2.65 bits per heavy atom. The normalized spacial score (nSPS) is 10.9. The van der Waals surface area contributed by atoms with Crippen LogP contribution in [-0.2, 0) is 0 Å². The second kappa shape index (κ2) is 7.06. The van der Waals surface area contributed by atoms with Crippen LogP contribution in [0.3, 0.4) is 0 Å². The zero-order valence-corrected chi connectivity index (χ0v) is 10.1. The summed E-state index contributed by atoms with van der Waals surface area (Å²) in [5.41, 5.74) is 0.603. The average molecular weight is 244 g/mol. The maximum absolute atomic E-state index is 12.1. The molecule has 5 heteroatoms. The van der Waals surface area contributed by atoms with Crippen LogP contribution in [0, 0.1) is 0 Å². The summed E-state index contributed by atoms with van der Waals surface area (Å²) in [6, 6.07) is 6.71. The lowest BCUT2D eigenvalue weighted by atomic mass is 10.3. The molecule has 0 fully saturated rings. The van der Waals surface area contributed by atoms with Crippen molar-refractivity contribution in [2.24, 2.45) is 0 Å². The highest BCUT2D eigenvalue weighted by Gasteiger charge is 2.08. The molecule has 0 radical (unpaired) electrons. The predicted molar refractivity (Wildman–Crippen MR) is 64.7 cm³/mol. The van der Waals surface area contributed by atoms with E-state index < -0.39 is 6.61 Å². The number of nitrogens with one attached hydrogen (secondary N) is 1. The Hall–Kier alpha value is -1.36. The molecule has 0 aromatic heterocycles. The van der Waals surface area contributed by atoms with E-state index in [0.717, 1.165) is 19.5 Å². The van der Waals surface area contributed by atoms with E-state index in [1.807, 2.05) is 14.1 Å². The minimum atomic E-state index is -2.79. The Balaban J connectivity index is 2.46. The molecule has 0 amide bonds. The second-order valence-electron chi connectivity index (χ2n) is 3.96. The van der Waals surface area contributed by atoms with Gasteiger partial charge in [-0.1, -0.05) is 12.1 Å². The Kier molecular flexibility index (Phi) is 5.69. The van der Waals surface area contributed by atoms with E-state index in [9.17, 15) is 8.78 Å². The van der Waals surface area contributed by atoms with Crippen LogP contribution in [0.1, 0.15) is 6.42 Å². The third-order valence-electron chi connectivity index (χ3n) is 2.20. The first kappa shape index (κ1) is 13.7. The molecule has 0 heterocycles. The van der Waals surface area contributed by atoms with Crippen molar-refractivity contribution < 1.29 is 13.5 Å². The first-order valence-corrected chi connectivity index (χ1v) is 5.52. The predicted octanol–water partition coefficient (Wildman–Crippen LogP) is 2.65. The molecule has 1 N–H and O–H groups in total. The summed E-state index contributed by atoms with van der Waals surface area (Å²) in [7, 11) is 3.99. The number of alkyl halides is 2. The first-order valence-electron chi connectivity index (χ1n) is 5.52. The van der Waals surface area contributed by atoms with Crippen LogP contribution in [0.15, 0.2) is 24.3 Å². The minimum absolute atomic E-state index is 0.187. The van der Waals surface area contributed by atoms with Gasteiger partial charge in [0.2, 0.25) is 0 Å². The molecule has 0 aliphatic rings. The molecular formula is C12H18F2N2O. The molecule has 1 aromatic carbocycles. The van der Waals surface area contributed by atoms with Crippen molar-refractivity contribution in [3.63, 3.8) is 0 Å². The fourth-order valence-corrected chi connectivity index (χ4v) is 1.43. The van der Waals surface area contributed by atoms with E-state index in [4.69, 9.17) is 0 Å². The summed E-state index contributed by atoms with van der Waals surface area (Å²) in [5, 5.41) is 3.09. The molecule has 1 rings (SSSR count). The van der Waals surface area contributed by atoms with Crippen LogP contribution in [0.2, 0.25) is 0 Å². The fraction of sp³-hybridized carbons (Fsp3) is 0.500. The number of ether oxygens (including phenoxy) is 1. The summed E-state index contributed by atoms with van der Waals surface area (Å²) in [5.74, 6) is 0.187. The summed E-state index contributed by atoms with van der Waals surface area (Å²) < 4.78 is 28.7. The van der Waals surface area contributed by atoms with E-state index in [1.165, 1.54) is 6.07 Å². The van der Waals surface area contributed by atoms with Gasteiger partial charge in [-0.15, -0.1) is 0 Å². The number of halogens is 2. The molecule has 0 unspecified atom stereocenters. The van der Waals surface area contributed by atoms with Crippen molar-refractivity contribution in [1.82, 2.24) is 4.90 Å². The maximum Gasteiger partial charge on any atom is 0.387 e. The Labute approximate surface area is 100 Å². The van der Waals surface area contributed by atoms with Gasteiger partial charge in [0.05, 0.1) is 5.69 Å². The number of rotatable bonds is 7. The number of benzene rings is 1. The molecule has 0 aliphatic heterocycles. The minimum Gasteiger partial charge on any atom is -0.433 e. The zero-order chi connectivity index (χ0) is 12.7. The van der Waals surface area contributed by atoms with Crippen molar-refractivity contribution in [2.45, 2.75) is 13.0 Å². The van der Waals surface area contributed by atoms with Gasteiger partial charge in [-0.3, -0.25) is 0 Å². The Morgan fingerprint density at radius 1 is 1.29 bits per heavy atom. The standard InChI is InChI=1S/C12H18F2N2O/c1-16(2)9-5-8-15-10-6-3-4-7-11(10)17-12(13)14/h3-4,6-7,12,15H,5,8-9H2,1-2H3. The maximum atomic E-state index is 12.1. The average Bonchev–Trinajstić information content (AvgIpc) is 2.25. The van der Waals surface area contributed by atoms with Gasteiger partial charge in [-0.2, -0.15) is 8.78 Å². The fourth-order valence-electron chi connectivity index (χ4n) is 1.43. The summed E-state index contributed by atoms with van der Waals surface area (Å²) in [4.78, 5) is 2.07. The molecule has 3 nitrogen and oxygen atoms in total. The molecular weight excluding hydrogens is 226 g/mol.